The molecule has 1 N–H and O–H groups in total. The van der Waals surface area contributed by atoms with E-state index in [1.807, 2.05) is 39.0 Å². The standard InChI is InChI=1S/C20H23ClN2O4S/c1-12(2)15-7-5-6-13(3)19(15)22-20(24)18-11-23(28(4,25)26)16-10-14(21)8-9-17(16)27-18/h5-10,12,18H,11H2,1-4H3,(H,22,24)/t18-/m1/s1. The van der Waals surface area contributed by atoms with E-state index in [2.05, 4.69) is 5.32 Å². The lowest BCUT2D eigenvalue weighted by molar-refractivity contribution is -0.122. The number of hydrogen-bond donors (Lipinski definition) is 1. The Morgan fingerprint density at radius 3 is 2.64 bits per heavy atom. The second-order valence-electron chi connectivity index (χ2n) is 7.20. The maximum atomic E-state index is 13.0. The minimum absolute atomic E-state index is 0.124. The Kier molecular flexibility index (Phi) is 5.59. The van der Waals surface area contributed by atoms with Crippen molar-refractivity contribution in [1.82, 2.24) is 0 Å². The number of para-hydroxylation sites is 1. The third-order valence-electron chi connectivity index (χ3n) is 4.66. The lowest BCUT2D eigenvalue weighted by Crippen LogP contribution is -2.48. The number of fused-ring (bicyclic) bond motifs is 1. The number of sulfonamides is 1. The molecule has 1 aliphatic heterocycles. The van der Waals surface area contributed by atoms with Gasteiger partial charge in [-0.2, -0.15) is 0 Å². The number of nitrogens with one attached hydrogen (secondary N) is 1. The fraction of sp³-hybridized carbons (Fsp3) is 0.350. The second kappa shape index (κ2) is 7.64. The first-order valence-corrected chi connectivity index (χ1v) is 11.1. The summed E-state index contributed by atoms with van der Waals surface area (Å²) in [6, 6.07) is 10.5. The van der Waals surface area contributed by atoms with Gasteiger partial charge < -0.3 is 10.1 Å². The van der Waals surface area contributed by atoms with Gasteiger partial charge in [-0.1, -0.05) is 43.6 Å². The molecule has 1 heterocycles. The van der Waals surface area contributed by atoms with Gasteiger partial charge in [-0.15, -0.1) is 0 Å². The first-order valence-electron chi connectivity index (χ1n) is 8.92. The number of nitrogens with zero attached hydrogens (tertiary/aromatic N) is 1. The van der Waals surface area contributed by atoms with Crippen LogP contribution in [0.4, 0.5) is 11.4 Å². The zero-order valence-electron chi connectivity index (χ0n) is 16.2. The van der Waals surface area contributed by atoms with Crippen LogP contribution in [-0.4, -0.2) is 33.2 Å². The first kappa shape index (κ1) is 20.5. The molecular formula is C20H23ClN2O4S. The van der Waals surface area contributed by atoms with Gasteiger partial charge in [0, 0.05) is 10.7 Å². The molecule has 0 radical (unpaired) electrons. The molecule has 3 rings (SSSR count). The van der Waals surface area contributed by atoms with Crippen LogP contribution in [0, 0.1) is 6.92 Å². The quantitative estimate of drug-likeness (QED) is 0.809. The summed E-state index contributed by atoms with van der Waals surface area (Å²) in [6.07, 6.45) is 0.110. The van der Waals surface area contributed by atoms with Crippen LogP contribution in [0.3, 0.4) is 0 Å². The molecule has 0 aliphatic carbocycles. The Balaban J connectivity index is 1.93. The SMILES string of the molecule is Cc1cccc(C(C)C)c1NC(=O)[C@H]1CN(S(C)(=O)=O)c2cc(Cl)ccc2O1. The molecule has 0 saturated heterocycles. The van der Waals surface area contributed by atoms with E-state index in [0.29, 0.717) is 16.5 Å². The Hall–Kier alpha value is -2.25. The number of rotatable bonds is 4. The van der Waals surface area contributed by atoms with Crippen molar-refractivity contribution >= 4 is 38.9 Å². The zero-order chi connectivity index (χ0) is 20.6. The van der Waals surface area contributed by atoms with Crippen molar-refractivity contribution in [3.63, 3.8) is 0 Å². The van der Waals surface area contributed by atoms with E-state index in [9.17, 15) is 13.2 Å². The molecule has 0 bridgehead atoms. The molecule has 1 aliphatic rings. The number of halogens is 1. The van der Waals surface area contributed by atoms with E-state index in [1.165, 1.54) is 6.07 Å². The van der Waals surface area contributed by atoms with Gasteiger partial charge in [-0.05, 0) is 42.2 Å². The number of benzene rings is 2. The van der Waals surface area contributed by atoms with Crippen molar-refractivity contribution in [3.8, 4) is 5.75 Å². The molecule has 28 heavy (non-hydrogen) atoms. The number of carbonyl (C=O) groups is 1. The highest BCUT2D eigenvalue weighted by atomic mass is 35.5. The Labute approximate surface area is 170 Å². The van der Waals surface area contributed by atoms with Crippen molar-refractivity contribution < 1.29 is 17.9 Å². The number of ether oxygens (including phenoxy) is 1. The number of hydrogen-bond acceptors (Lipinski definition) is 4. The molecule has 0 spiro atoms. The summed E-state index contributed by atoms with van der Waals surface area (Å²) in [4.78, 5) is 13.0. The van der Waals surface area contributed by atoms with Gasteiger partial charge >= 0.3 is 0 Å². The lowest BCUT2D eigenvalue weighted by atomic mass is 9.98. The molecule has 0 aromatic heterocycles. The molecule has 6 nitrogen and oxygen atoms in total. The maximum absolute atomic E-state index is 13.0. The minimum Gasteiger partial charge on any atom is -0.476 e. The molecule has 1 atom stereocenters. The molecule has 0 saturated carbocycles. The number of aryl methyl sites for hydroxylation is 1. The molecule has 2 aromatic carbocycles. The van der Waals surface area contributed by atoms with Crippen LogP contribution in [0.5, 0.6) is 5.75 Å². The number of anilines is 2. The van der Waals surface area contributed by atoms with E-state index < -0.39 is 22.0 Å². The summed E-state index contributed by atoms with van der Waals surface area (Å²) < 4.78 is 31.5. The van der Waals surface area contributed by atoms with Crippen LogP contribution in [-0.2, 0) is 14.8 Å². The molecule has 150 valence electrons. The van der Waals surface area contributed by atoms with Crippen LogP contribution < -0.4 is 14.4 Å². The molecular weight excluding hydrogens is 400 g/mol. The monoisotopic (exact) mass is 422 g/mol. The summed E-state index contributed by atoms with van der Waals surface area (Å²) in [6.45, 7) is 5.89. The third kappa shape index (κ3) is 4.10. The predicted octanol–water partition coefficient (Wildman–Crippen LogP) is 3.94. The van der Waals surface area contributed by atoms with Crippen molar-refractivity contribution in [2.75, 3.05) is 22.4 Å². The molecule has 0 fully saturated rings. The first-order chi connectivity index (χ1) is 13.1. The van der Waals surface area contributed by atoms with Crippen molar-refractivity contribution in [1.29, 1.82) is 0 Å². The normalized spacial score (nSPS) is 16.5. The van der Waals surface area contributed by atoms with Crippen LogP contribution in [0.15, 0.2) is 36.4 Å². The summed E-state index contributed by atoms with van der Waals surface area (Å²) in [5.74, 6) is 0.124. The summed E-state index contributed by atoms with van der Waals surface area (Å²) >= 11 is 6.01. The summed E-state index contributed by atoms with van der Waals surface area (Å²) in [5.41, 5.74) is 3.01. The van der Waals surface area contributed by atoms with E-state index in [0.717, 1.165) is 27.4 Å². The number of amides is 1. The predicted molar refractivity (Wildman–Crippen MR) is 112 cm³/mol. The molecule has 1 amide bonds. The highest BCUT2D eigenvalue weighted by molar-refractivity contribution is 7.92. The van der Waals surface area contributed by atoms with Gasteiger partial charge in [0.15, 0.2) is 6.10 Å². The van der Waals surface area contributed by atoms with Crippen molar-refractivity contribution in [2.45, 2.75) is 32.8 Å². The van der Waals surface area contributed by atoms with E-state index in [-0.39, 0.29) is 12.5 Å². The van der Waals surface area contributed by atoms with Crippen LogP contribution >= 0.6 is 11.6 Å². The third-order valence-corrected chi connectivity index (χ3v) is 6.04. The van der Waals surface area contributed by atoms with Gasteiger partial charge in [0.25, 0.3) is 5.91 Å². The zero-order valence-corrected chi connectivity index (χ0v) is 17.8. The minimum atomic E-state index is -3.61. The van der Waals surface area contributed by atoms with Gasteiger partial charge in [-0.3, -0.25) is 9.10 Å². The Morgan fingerprint density at radius 2 is 2.00 bits per heavy atom. The lowest BCUT2D eigenvalue weighted by Gasteiger charge is -2.34. The van der Waals surface area contributed by atoms with Gasteiger partial charge in [0.2, 0.25) is 10.0 Å². The highest BCUT2D eigenvalue weighted by Gasteiger charge is 2.35. The fourth-order valence-corrected chi connectivity index (χ4v) is 4.29. The van der Waals surface area contributed by atoms with Crippen LogP contribution in [0.25, 0.3) is 0 Å². The Morgan fingerprint density at radius 1 is 1.29 bits per heavy atom. The maximum Gasteiger partial charge on any atom is 0.267 e. The van der Waals surface area contributed by atoms with E-state index in [4.69, 9.17) is 16.3 Å². The molecule has 8 heteroatoms. The van der Waals surface area contributed by atoms with Crippen LogP contribution in [0.2, 0.25) is 5.02 Å². The van der Waals surface area contributed by atoms with Gasteiger partial charge in [-0.25, -0.2) is 8.42 Å². The van der Waals surface area contributed by atoms with Crippen molar-refractivity contribution in [3.05, 3.63) is 52.5 Å². The van der Waals surface area contributed by atoms with Crippen molar-refractivity contribution in [2.24, 2.45) is 0 Å². The second-order valence-corrected chi connectivity index (χ2v) is 9.54. The molecule has 2 aromatic rings. The summed E-state index contributed by atoms with van der Waals surface area (Å²) in [5, 5.41) is 3.32. The summed E-state index contributed by atoms with van der Waals surface area (Å²) in [7, 11) is -3.61. The van der Waals surface area contributed by atoms with Gasteiger partial charge in [0.1, 0.15) is 5.75 Å². The molecule has 0 unspecified atom stereocenters. The van der Waals surface area contributed by atoms with Gasteiger partial charge in [0.05, 0.1) is 18.5 Å². The fourth-order valence-electron chi connectivity index (χ4n) is 3.22. The number of carbonyl (C=O) groups excluding carboxylic acids is 1. The topological polar surface area (TPSA) is 75.7 Å². The smallest absolute Gasteiger partial charge is 0.267 e. The van der Waals surface area contributed by atoms with E-state index >= 15 is 0 Å². The Bertz CT molecular complexity index is 1020. The highest BCUT2D eigenvalue weighted by Crippen LogP contribution is 2.37. The average molecular weight is 423 g/mol. The van der Waals surface area contributed by atoms with E-state index in [1.54, 1.807) is 12.1 Å². The largest absolute Gasteiger partial charge is 0.476 e. The van der Waals surface area contributed by atoms with Crippen LogP contribution in [0.1, 0.15) is 30.9 Å². The average Bonchev–Trinajstić information content (AvgIpc) is 2.61.